The highest BCUT2D eigenvalue weighted by Gasteiger charge is 2.13. The van der Waals surface area contributed by atoms with Gasteiger partial charge in [-0.1, -0.05) is 48.5 Å². The molecular formula is C18H21N5O. The Balaban J connectivity index is 1.69. The van der Waals surface area contributed by atoms with Crippen LogP contribution in [0.15, 0.2) is 60.7 Å². The molecule has 3 rings (SSSR count). The van der Waals surface area contributed by atoms with E-state index in [-0.39, 0.29) is 6.61 Å². The first kappa shape index (κ1) is 16.3. The molecule has 6 nitrogen and oxygen atoms in total. The van der Waals surface area contributed by atoms with Gasteiger partial charge in [0, 0.05) is 13.1 Å². The summed E-state index contributed by atoms with van der Waals surface area (Å²) in [6.07, 6.45) is 0.924. The van der Waals surface area contributed by atoms with Gasteiger partial charge in [-0.25, -0.2) is 0 Å². The van der Waals surface area contributed by atoms with Crippen molar-refractivity contribution in [1.29, 1.82) is 0 Å². The van der Waals surface area contributed by atoms with Gasteiger partial charge >= 0.3 is 0 Å². The number of hydrogen-bond acceptors (Lipinski definition) is 5. The first-order valence-electron chi connectivity index (χ1n) is 8.06. The Morgan fingerprint density at radius 3 is 2.33 bits per heavy atom. The van der Waals surface area contributed by atoms with E-state index >= 15 is 0 Å². The maximum atomic E-state index is 9.35. The highest BCUT2D eigenvalue weighted by molar-refractivity contribution is 5.30. The Hall–Kier alpha value is -2.57. The van der Waals surface area contributed by atoms with Gasteiger partial charge in [0.25, 0.3) is 0 Å². The number of hydrogen-bond donors (Lipinski definition) is 1. The fourth-order valence-electron chi connectivity index (χ4n) is 2.62. The topological polar surface area (TPSA) is 67.1 Å². The van der Waals surface area contributed by atoms with Crippen LogP contribution in [0.4, 0.5) is 0 Å². The third-order valence-electron chi connectivity index (χ3n) is 3.88. The van der Waals surface area contributed by atoms with E-state index in [1.54, 1.807) is 4.68 Å². The lowest BCUT2D eigenvalue weighted by Gasteiger charge is -2.20. The van der Waals surface area contributed by atoms with Crippen LogP contribution in [0.3, 0.4) is 0 Å². The van der Waals surface area contributed by atoms with Crippen molar-refractivity contribution < 1.29 is 5.11 Å². The monoisotopic (exact) mass is 323 g/mol. The van der Waals surface area contributed by atoms with Crippen molar-refractivity contribution in [1.82, 2.24) is 25.1 Å². The molecule has 0 aliphatic rings. The number of para-hydroxylation sites is 1. The van der Waals surface area contributed by atoms with E-state index in [1.807, 2.05) is 48.5 Å². The van der Waals surface area contributed by atoms with Crippen molar-refractivity contribution in [3.63, 3.8) is 0 Å². The summed E-state index contributed by atoms with van der Waals surface area (Å²) in [6.45, 7) is 2.14. The zero-order valence-electron chi connectivity index (χ0n) is 13.5. The highest BCUT2D eigenvalue weighted by atomic mass is 16.3. The fourth-order valence-corrected chi connectivity index (χ4v) is 2.62. The van der Waals surface area contributed by atoms with E-state index in [9.17, 15) is 5.11 Å². The lowest BCUT2D eigenvalue weighted by atomic mass is 10.1. The van der Waals surface area contributed by atoms with Crippen LogP contribution < -0.4 is 0 Å². The highest BCUT2D eigenvalue weighted by Crippen LogP contribution is 2.10. The molecule has 0 fully saturated rings. The van der Waals surface area contributed by atoms with Crippen LogP contribution in [-0.4, -0.2) is 49.9 Å². The Morgan fingerprint density at radius 1 is 0.917 bits per heavy atom. The maximum absolute atomic E-state index is 9.35. The summed E-state index contributed by atoms with van der Waals surface area (Å²) in [6, 6.07) is 20.2. The van der Waals surface area contributed by atoms with Gasteiger partial charge in [0.1, 0.15) is 0 Å². The standard InChI is InChI=1S/C18H21N5O/c24-14-13-22(12-11-16-7-3-1-4-8-16)15-18-19-20-21-23(18)17-9-5-2-6-10-17/h1-10,24H,11-15H2. The van der Waals surface area contributed by atoms with Crippen molar-refractivity contribution in [3.8, 4) is 5.69 Å². The average molecular weight is 323 g/mol. The number of benzene rings is 2. The minimum Gasteiger partial charge on any atom is -0.395 e. The molecule has 2 aromatic carbocycles. The van der Waals surface area contributed by atoms with Crippen molar-refractivity contribution in [2.45, 2.75) is 13.0 Å². The van der Waals surface area contributed by atoms with Crippen molar-refractivity contribution in [2.75, 3.05) is 19.7 Å². The zero-order chi connectivity index (χ0) is 16.6. The fraction of sp³-hybridized carbons (Fsp3) is 0.278. The summed E-state index contributed by atoms with van der Waals surface area (Å²) in [4.78, 5) is 2.16. The SMILES string of the molecule is OCCN(CCc1ccccc1)Cc1nnnn1-c1ccccc1. The van der Waals surface area contributed by atoms with Crippen LogP contribution >= 0.6 is 0 Å². The molecule has 124 valence electrons. The quantitative estimate of drug-likeness (QED) is 0.683. The largest absolute Gasteiger partial charge is 0.395 e. The van der Waals surface area contributed by atoms with Gasteiger partial charge < -0.3 is 5.11 Å². The number of tetrazole rings is 1. The third kappa shape index (κ3) is 4.24. The molecule has 1 N–H and O–H groups in total. The van der Waals surface area contributed by atoms with Gasteiger partial charge in [-0.05, 0) is 34.5 Å². The van der Waals surface area contributed by atoms with Crippen LogP contribution in [0, 0.1) is 0 Å². The minimum atomic E-state index is 0.113. The molecule has 3 aromatic rings. The van der Waals surface area contributed by atoms with E-state index in [0.717, 1.165) is 24.5 Å². The van der Waals surface area contributed by atoms with Crippen molar-refractivity contribution >= 4 is 0 Å². The smallest absolute Gasteiger partial charge is 0.170 e. The van der Waals surface area contributed by atoms with Crippen molar-refractivity contribution in [3.05, 3.63) is 72.1 Å². The van der Waals surface area contributed by atoms with Gasteiger partial charge in [0.05, 0.1) is 18.8 Å². The summed E-state index contributed by atoms with van der Waals surface area (Å²) in [7, 11) is 0. The van der Waals surface area contributed by atoms with Crippen LogP contribution in [-0.2, 0) is 13.0 Å². The minimum absolute atomic E-state index is 0.113. The summed E-state index contributed by atoms with van der Waals surface area (Å²) >= 11 is 0. The Labute approximate surface area is 141 Å². The second kappa shape index (κ2) is 8.33. The Morgan fingerprint density at radius 2 is 1.62 bits per heavy atom. The van der Waals surface area contributed by atoms with Gasteiger partial charge in [0.15, 0.2) is 5.82 Å². The van der Waals surface area contributed by atoms with Gasteiger partial charge in [0.2, 0.25) is 0 Å². The first-order valence-corrected chi connectivity index (χ1v) is 8.06. The first-order chi connectivity index (χ1) is 11.9. The van der Waals surface area contributed by atoms with E-state index in [2.05, 4.69) is 32.6 Å². The Kier molecular flexibility index (Phi) is 5.65. The summed E-state index contributed by atoms with van der Waals surface area (Å²) < 4.78 is 1.74. The number of aliphatic hydroxyl groups excluding tert-OH is 1. The molecule has 0 saturated carbocycles. The normalized spacial score (nSPS) is 11.1. The summed E-state index contributed by atoms with van der Waals surface area (Å²) in [5, 5.41) is 21.4. The second-order valence-corrected chi connectivity index (χ2v) is 5.58. The molecule has 1 heterocycles. The van der Waals surface area contributed by atoms with Gasteiger partial charge in [-0.15, -0.1) is 5.10 Å². The molecule has 0 bridgehead atoms. The molecule has 0 aliphatic carbocycles. The molecule has 0 aliphatic heterocycles. The summed E-state index contributed by atoms with van der Waals surface area (Å²) in [5.74, 6) is 0.766. The molecule has 6 heteroatoms. The lowest BCUT2D eigenvalue weighted by molar-refractivity contribution is 0.187. The molecule has 0 spiro atoms. The van der Waals surface area contributed by atoms with Crippen LogP contribution in [0.5, 0.6) is 0 Å². The third-order valence-corrected chi connectivity index (χ3v) is 3.88. The van der Waals surface area contributed by atoms with Crippen molar-refractivity contribution in [2.24, 2.45) is 0 Å². The van der Waals surface area contributed by atoms with Crippen LogP contribution in [0.1, 0.15) is 11.4 Å². The number of aromatic nitrogens is 4. The van der Waals surface area contributed by atoms with E-state index in [4.69, 9.17) is 0 Å². The second-order valence-electron chi connectivity index (χ2n) is 5.58. The molecule has 0 radical (unpaired) electrons. The van der Waals surface area contributed by atoms with E-state index in [0.29, 0.717) is 13.1 Å². The number of nitrogens with zero attached hydrogens (tertiary/aromatic N) is 5. The molecule has 0 atom stereocenters. The average Bonchev–Trinajstić information content (AvgIpc) is 3.10. The summed E-state index contributed by atoms with van der Waals surface area (Å²) in [5.41, 5.74) is 2.22. The number of aliphatic hydroxyl groups is 1. The van der Waals surface area contributed by atoms with Gasteiger partial charge in [-0.2, -0.15) is 4.68 Å². The zero-order valence-corrected chi connectivity index (χ0v) is 13.5. The van der Waals surface area contributed by atoms with Gasteiger partial charge in [-0.3, -0.25) is 4.90 Å². The molecule has 0 amide bonds. The predicted molar refractivity (Wildman–Crippen MR) is 91.7 cm³/mol. The van der Waals surface area contributed by atoms with Crippen LogP contribution in [0.25, 0.3) is 5.69 Å². The molecule has 0 saturated heterocycles. The maximum Gasteiger partial charge on any atom is 0.170 e. The molecule has 0 unspecified atom stereocenters. The number of rotatable bonds is 8. The molecule has 1 aromatic heterocycles. The predicted octanol–water partition coefficient (Wildman–Crippen LogP) is 1.70. The molecule has 24 heavy (non-hydrogen) atoms. The molecular weight excluding hydrogens is 302 g/mol. The Bertz CT molecular complexity index is 729. The van der Waals surface area contributed by atoms with E-state index in [1.165, 1.54) is 5.56 Å². The van der Waals surface area contributed by atoms with Crippen LogP contribution in [0.2, 0.25) is 0 Å². The lowest BCUT2D eigenvalue weighted by Crippen LogP contribution is -2.30. The van der Waals surface area contributed by atoms with E-state index < -0.39 is 0 Å².